The van der Waals surface area contributed by atoms with E-state index in [9.17, 15) is 13.2 Å². The maximum Gasteiger partial charge on any atom is 0.239 e. The maximum absolute atomic E-state index is 11.9. The second kappa shape index (κ2) is 5.79. The Balaban J connectivity index is 2.51. The topological polar surface area (TPSA) is 101 Å². The predicted molar refractivity (Wildman–Crippen MR) is 64.1 cm³/mol. The number of aliphatic hydroxyl groups excluding tert-OH is 1. The van der Waals surface area contributed by atoms with Gasteiger partial charge < -0.3 is 15.7 Å². The number of nitrogens with two attached hydrogens (primary N) is 1. The maximum atomic E-state index is 11.9. The molecule has 2 atom stereocenters. The molecule has 0 radical (unpaired) electrons. The highest BCUT2D eigenvalue weighted by atomic mass is 32.2. The first kappa shape index (κ1) is 14.4. The molecule has 0 aromatic heterocycles. The monoisotopic (exact) mass is 264 g/mol. The van der Waals surface area contributed by atoms with Crippen molar-refractivity contribution < 1.29 is 18.3 Å². The van der Waals surface area contributed by atoms with Gasteiger partial charge in [0.15, 0.2) is 0 Å². The van der Waals surface area contributed by atoms with Crippen molar-refractivity contribution in [2.75, 3.05) is 25.2 Å². The number of hydrogen-bond acceptors (Lipinski definition) is 5. The van der Waals surface area contributed by atoms with Crippen molar-refractivity contribution in [2.45, 2.75) is 31.3 Å². The van der Waals surface area contributed by atoms with Crippen molar-refractivity contribution in [3.63, 3.8) is 0 Å². The molecule has 1 aliphatic heterocycles. The lowest BCUT2D eigenvalue weighted by Gasteiger charge is -2.26. The third kappa shape index (κ3) is 4.25. The number of carbonyl (C=O) groups is 1. The largest absolute Gasteiger partial charge is 0.394 e. The van der Waals surface area contributed by atoms with Crippen molar-refractivity contribution in [3.8, 4) is 0 Å². The van der Waals surface area contributed by atoms with Crippen LogP contribution in [-0.2, 0) is 14.6 Å². The van der Waals surface area contributed by atoms with Crippen molar-refractivity contribution in [3.05, 3.63) is 0 Å². The third-order valence-corrected chi connectivity index (χ3v) is 3.97. The molecule has 6 nitrogen and oxygen atoms in total. The number of sulfone groups is 1. The number of rotatable bonds is 5. The van der Waals surface area contributed by atoms with Crippen LogP contribution in [0.3, 0.4) is 0 Å². The van der Waals surface area contributed by atoms with Gasteiger partial charge in [0.1, 0.15) is 9.84 Å². The van der Waals surface area contributed by atoms with Crippen molar-refractivity contribution >= 4 is 15.7 Å². The first-order valence-electron chi connectivity index (χ1n) is 5.70. The number of aliphatic hydroxyl groups is 1. The summed E-state index contributed by atoms with van der Waals surface area (Å²) in [6, 6.07) is -0.955. The highest BCUT2D eigenvalue weighted by Crippen LogP contribution is 2.17. The minimum atomic E-state index is -3.10. The quantitative estimate of drug-likeness (QED) is 0.645. The zero-order chi connectivity index (χ0) is 13.1. The van der Waals surface area contributed by atoms with E-state index < -0.39 is 15.9 Å². The van der Waals surface area contributed by atoms with E-state index in [1.165, 1.54) is 0 Å². The third-order valence-electron chi connectivity index (χ3n) is 2.99. The smallest absolute Gasteiger partial charge is 0.239 e. The van der Waals surface area contributed by atoms with Crippen molar-refractivity contribution in [1.29, 1.82) is 0 Å². The first-order valence-corrected chi connectivity index (χ1v) is 7.76. The van der Waals surface area contributed by atoms with Gasteiger partial charge in [-0.3, -0.25) is 4.79 Å². The van der Waals surface area contributed by atoms with Crippen LogP contribution in [0.25, 0.3) is 0 Å². The van der Waals surface area contributed by atoms with Crippen LogP contribution < -0.4 is 5.73 Å². The van der Waals surface area contributed by atoms with Gasteiger partial charge in [0.25, 0.3) is 0 Å². The van der Waals surface area contributed by atoms with Crippen LogP contribution in [0.15, 0.2) is 0 Å². The Hall–Kier alpha value is -0.660. The van der Waals surface area contributed by atoms with Gasteiger partial charge in [0.2, 0.25) is 5.91 Å². The molecular formula is C10H20N2O4S. The molecular weight excluding hydrogens is 244 g/mol. The Kier molecular flexibility index (Phi) is 4.91. The molecule has 7 heteroatoms. The minimum absolute atomic E-state index is 0.0649. The second-order valence-corrected chi connectivity index (χ2v) is 6.80. The summed E-state index contributed by atoms with van der Waals surface area (Å²) in [7, 11) is -3.10. The molecule has 1 unspecified atom stereocenters. The van der Waals surface area contributed by atoms with E-state index in [4.69, 9.17) is 10.8 Å². The number of hydrogen-bond donors (Lipinski definition) is 2. The van der Waals surface area contributed by atoms with Crippen LogP contribution in [0.4, 0.5) is 0 Å². The molecule has 1 aliphatic rings. The molecule has 0 spiro atoms. The Morgan fingerprint density at radius 3 is 2.76 bits per heavy atom. The first-order chi connectivity index (χ1) is 7.85. The van der Waals surface area contributed by atoms with Crippen molar-refractivity contribution in [1.82, 2.24) is 4.90 Å². The van der Waals surface area contributed by atoms with Gasteiger partial charge in [-0.1, -0.05) is 0 Å². The summed E-state index contributed by atoms with van der Waals surface area (Å²) >= 11 is 0. The van der Waals surface area contributed by atoms with Gasteiger partial charge in [0, 0.05) is 12.8 Å². The lowest BCUT2D eigenvalue weighted by molar-refractivity contribution is -0.134. The molecule has 0 aromatic rings. The summed E-state index contributed by atoms with van der Waals surface area (Å²) in [5, 5.41) is 9.10. The molecule has 0 aromatic carbocycles. The lowest BCUT2D eigenvalue weighted by atomic mass is 10.2. The molecule has 0 saturated carbocycles. The highest BCUT2D eigenvalue weighted by Gasteiger charge is 2.31. The van der Waals surface area contributed by atoms with Gasteiger partial charge in [-0.05, 0) is 19.3 Å². The Bertz CT molecular complexity index is 369. The molecule has 1 amide bonds. The van der Waals surface area contributed by atoms with Gasteiger partial charge >= 0.3 is 0 Å². The van der Waals surface area contributed by atoms with Crippen LogP contribution in [0.1, 0.15) is 19.3 Å². The molecule has 1 saturated heterocycles. The second-order valence-electron chi connectivity index (χ2n) is 4.54. The van der Waals surface area contributed by atoms with E-state index in [0.717, 1.165) is 19.1 Å². The van der Waals surface area contributed by atoms with Gasteiger partial charge in [-0.25, -0.2) is 8.42 Å². The fourth-order valence-corrected chi connectivity index (χ4v) is 2.68. The van der Waals surface area contributed by atoms with Crippen LogP contribution in [0.5, 0.6) is 0 Å². The van der Waals surface area contributed by atoms with Crippen molar-refractivity contribution in [2.24, 2.45) is 5.73 Å². The Morgan fingerprint density at radius 2 is 2.24 bits per heavy atom. The summed E-state index contributed by atoms with van der Waals surface area (Å²) in [6.45, 7) is 0.529. The molecule has 1 heterocycles. The molecule has 3 N–H and O–H groups in total. The zero-order valence-corrected chi connectivity index (χ0v) is 10.8. The zero-order valence-electron chi connectivity index (χ0n) is 10.0. The summed E-state index contributed by atoms with van der Waals surface area (Å²) < 4.78 is 22.0. The van der Waals surface area contributed by atoms with E-state index >= 15 is 0 Å². The van der Waals surface area contributed by atoms with E-state index in [1.807, 2.05) is 0 Å². The number of carbonyl (C=O) groups excluding carboxylic acids is 1. The highest BCUT2D eigenvalue weighted by molar-refractivity contribution is 7.90. The van der Waals surface area contributed by atoms with Gasteiger partial charge in [-0.2, -0.15) is 0 Å². The van der Waals surface area contributed by atoms with E-state index in [0.29, 0.717) is 6.54 Å². The average molecular weight is 264 g/mol. The summed E-state index contributed by atoms with van der Waals surface area (Å²) in [5.74, 6) is -0.345. The van der Waals surface area contributed by atoms with E-state index in [1.54, 1.807) is 4.90 Å². The molecule has 0 bridgehead atoms. The number of likely N-dealkylation sites (tertiary alicyclic amines) is 1. The molecule has 1 rings (SSSR count). The average Bonchev–Trinajstić information content (AvgIpc) is 2.71. The molecule has 100 valence electrons. The number of amides is 1. The summed E-state index contributed by atoms with van der Waals surface area (Å²) in [6.07, 6.45) is 2.89. The lowest BCUT2D eigenvalue weighted by Crippen LogP contribution is -2.47. The summed E-state index contributed by atoms with van der Waals surface area (Å²) in [5.41, 5.74) is 5.68. The SMILES string of the molecule is CS(=O)(=O)CCC(N)C(=O)N1CCC[C@@H]1CO. The number of nitrogens with zero attached hydrogens (tertiary/aromatic N) is 1. The fraction of sp³-hybridized carbons (Fsp3) is 0.900. The van der Waals surface area contributed by atoms with Crippen LogP contribution in [0, 0.1) is 0 Å². The molecule has 17 heavy (non-hydrogen) atoms. The van der Waals surface area contributed by atoms with Crippen LogP contribution >= 0.6 is 0 Å². The normalized spacial score (nSPS) is 22.8. The Morgan fingerprint density at radius 1 is 1.59 bits per heavy atom. The van der Waals surface area contributed by atoms with Crippen LogP contribution in [-0.4, -0.2) is 61.6 Å². The van der Waals surface area contributed by atoms with E-state index in [2.05, 4.69) is 0 Å². The van der Waals surface area contributed by atoms with Crippen LogP contribution in [0.2, 0.25) is 0 Å². The standard InChI is InChI=1S/C10H20N2O4S/c1-17(15,16)6-4-9(11)10(14)12-5-2-3-8(12)7-13/h8-9,13H,2-7,11H2,1H3/t8-,9?/m1/s1. The molecule has 0 aliphatic carbocycles. The van der Waals surface area contributed by atoms with E-state index in [-0.39, 0.29) is 30.7 Å². The minimum Gasteiger partial charge on any atom is -0.394 e. The predicted octanol–water partition coefficient (Wildman–Crippen LogP) is -1.27. The Labute approximate surface area is 102 Å². The summed E-state index contributed by atoms with van der Waals surface area (Å²) in [4.78, 5) is 13.5. The molecule has 1 fully saturated rings. The van der Waals surface area contributed by atoms with Gasteiger partial charge in [-0.15, -0.1) is 0 Å². The fourth-order valence-electron chi connectivity index (χ4n) is 1.99. The van der Waals surface area contributed by atoms with Gasteiger partial charge in [0.05, 0.1) is 24.4 Å².